The van der Waals surface area contributed by atoms with Gasteiger partial charge in [0.15, 0.2) is 7.69 Å². The van der Waals surface area contributed by atoms with Crippen LogP contribution in [0.25, 0.3) is 0 Å². The fourth-order valence-corrected chi connectivity index (χ4v) is 0.516. The summed E-state index contributed by atoms with van der Waals surface area (Å²) in [5.74, 6) is 0. The number of ether oxygens (including phenoxy) is 1. The number of rotatable bonds is 0. The van der Waals surface area contributed by atoms with Gasteiger partial charge in [-0.25, -0.2) is 0 Å². The van der Waals surface area contributed by atoms with Crippen LogP contribution in [0, 0.1) is 0 Å². The molecule has 4 N–H and O–H groups in total. The third-order valence-corrected chi connectivity index (χ3v) is 0.846. The van der Waals surface area contributed by atoms with Crippen molar-refractivity contribution in [3.8, 4) is 0 Å². The average Bonchev–Trinajstić information content (AvgIpc) is 1.93. The zero-order valence-corrected chi connectivity index (χ0v) is 8.80. The van der Waals surface area contributed by atoms with Gasteiger partial charge >= 0.3 is 29.6 Å². The number of nitrogens with one attached hydrogen (secondary N) is 1. The standard InChI is InChI=1S/C4H9NO.BH2O2.Na.H2O/c1-3-6-4-2-5-1;2-1-3;;/h5H,1-4H2;1-2H;;1H2/q;-1;+1;. The SMILES string of the molecule is C1COCCN1.O.[Na+].[O-]BO. The van der Waals surface area contributed by atoms with Crippen LogP contribution in [0.4, 0.5) is 0 Å². The maximum Gasteiger partial charge on any atom is 1.00 e. The van der Waals surface area contributed by atoms with Gasteiger partial charge < -0.3 is 25.6 Å². The smallest absolute Gasteiger partial charge is 0.859 e. The summed E-state index contributed by atoms with van der Waals surface area (Å²) in [6.45, 7) is 3.83. The molecule has 11 heavy (non-hydrogen) atoms. The van der Waals surface area contributed by atoms with Gasteiger partial charge in [0.05, 0.1) is 13.2 Å². The van der Waals surface area contributed by atoms with E-state index in [1.54, 1.807) is 0 Å². The summed E-state index contributed by atoms with van der Waals surface area (Å²) in [6.07, 6.45) is 0. The Morgan fingerprint density at radius 3 is 1.82 bits per heavy atom. The largest absolute Gasteiger partial charge is 1.00 e. The summed E-state index contributed by atoms with van der Waals surface area (Å²) in [5.41, 5.74) is 0. The van der Waals surface area contributed by atoms with Gasteiger partial charge in [-0.15, -0.1) is 0 Å². The minimum absolute atomic E-state index is 0. The van der Waals surface area contributed by atoms with E-state index < -0.39 is 7.69 Å². The zero-order chi connectivity index (χ0) is 6.95. The molecular formula is C4H13BNNaO4. The van der Waals surface area contributed by atoms with E-state index in [1.165, 1.54) is 0 Å². The summed E-state index contributed by atoms with van der Waals surface area (Å²) in [7, 11) is -1.00. The topological polar surface area (TPSA) is 96.0 Å². The molecule has 0 spiro atoms. The first-order valence-electron chi connectivity index (χ1n) is 2.89. The fraction of sp³-hybridized carbons (Fsp3) is 1.00. The van der Waals surface area contributed by atoms with Crippen molar-refractivity contribution < 1.29 is 49.8 Å². The molecular weight excluding hydrogens is 160 g/mol. The minimum Gasteiger partial charge on any atom is -0.859 e. The van der Waals surface area contributed by atoms with E-state index in [0.29, 0.717) is 0 Å². The Balaban J connectivity index is -0.000000116. The summed E-state index contributed by atoms with van der Waals surface area (Å²) in [5, 5.41) is 18.7. The molecule has 0 atom stereocenters. The Hall–Kier alpha value is 0.865. The maximum atomic E-state index is 8.49. The monoisotopic (exact) mass is 173 g/mol. The average molecular weight is 173 g/mol. The molecule has 0 radical (unpaired) electrons. The van der Waals surface area contributed by atoms with Gasteiger partial charge in [0.1, 0.15) is 0 Å². The Bertz CT molecular complexity index is 45.8. The summed E-state index contributed by atoms with van der Waals surface area (Å²) in [6, 6.07) is 0. The third-order valence-electron chi connectivity index (χ3n) is 0.846. The van der Waals surface area contributed by atoms with Crippen molar-refractivity contribution in [3.05, 3.63) is 0 Å². The Morgan fingerprint density at radius 2 is 1.73 bits per heavy atom. The van der Waals surface area contributed by atoms with Gasteiger partial charge in [0.2, 0.25) is 0 Å². The van der Waals surface area contributed by atoms with Crippen LogP contribution in [0.2, 0.25) is 0 Å². The molecule has 0 unspecified atom stereocenters. The first kappa shape index (κ1) is 17.8. The van der Waals surface area contributed by atoms with Gasteiger partial charge in [-0.1, -0.05) is 0 Å². The van der Waals surface area contributed by atoms with E-state index >= 15 is 0 Å². The quantitative estimate of drug-likeness (QED) is 0.356. The number of morpholine rings is 1. The van der Waals surface area contributed by atoms with E-state index in [-0.39, 0.29) is 35.0 Å². The van der Waals surface area contributed by atoms with Crippen LogP contribution in [0.15, 0.2) is 0 Å². The molecule has 62 valence electrons. The van der Waals surface area contributed by atoms with Crippen LogP contribution in [0.1, 0.15) is 0 Å². The van der Waals surface area contributed by atoms with Crippen molar-refractivity contribution in [3.63, 3.8) is 0 Å². The van der Waals surface area contributed by atoms with Crippen molar-refractivity contribution in [2.75, 3.05) is 26.3 Å². The van der Waals surface area contributed by atoms with Crippen molar-refractivity contribution in [1.82, 2.24) is 5.32 Å². The molecule has 1 fully saturated rings. The Kier molecular flexibility index (Phi) is 27.7. The van der Waals surface area contributed by atoms with Gasteiger partial charge in [-0.3, -0.25) is 0 Å². The molecule has 1 aliphatic heterocycles. The molecule has 5 nitrogen and oxygen atoms in total. The maximum absolute atomic E-state index is 8.49. The van der Waals surface area contributed by atoms with Crippen molar-refractivity contribution in [1.29, 1.82) is 0 Å². The summed E-state index contributed by atoms with van der Waals surface area (Å²) < 4.78 is 5.01. The van der Waals surface area contributed by atoms with E-state index in [0.717, 1.165) is 26.3 Å². The molecule has 0 aromatic rings. The molecule has 1 saturated heterocycles. The number of hydrogen-bond donors (Lipinski definition) is 2. The predicted molar refractivity (Wildman–Crippen MR) is 36.7 cm³/mol. The molecule has 0 bridgehead atoms. The van der Waals surface area contributed by atoms with Gasteiger partial charge in [-0.05, 0) is 0 Å². The normalized spacial score (nSPS) is 14.4. The fourth-order valence-electron chi connectivity index (χ4n) is 0.516. The first-order chi connectivity index (χ1) is 4.41. The van der Waals surface area contributed by atoms with E-state index in [4.69, 9.17) is 14.8 Å². The van der Waals surface area contributed by atoms with E-state index in [9.17, 15) is 0 Å². The van der Waals surface area contributed by atoms with Crippen LogP contribution < -0.4 is 39.9 Å². The minimum atomic E-state index is -1.00. The van der Waals surface area contributed by atoms with Gasteiger partial charge in [0, 0.05) is 13.1 Å². The zero-order valence-electron chi connectivity index (χ0n) is 6.80. The van der Waals surface area contributed by atoms with Gasteiger partial charge in [0.25, 0.3) is 0 Å². The van der Waals surface area contributed by atoms with Crippen LogP contribution in [-0.2, 0) is 4.74 Å². The first-order valence-corrected chi connectivity index (χ1v) is 2.89. The van der Waals surface area contributed by atoms with Crippen LogP contribution in [0.3, 0.4) is 0 Å². The molecule has 0 aliphatic carbocycles. The molecule has 0 amide bonds. The van der Waals surface area contributed by atoms with Gasteiger partial charge in [-0.2, -0.15) is 0 Å². The summed E-state index contributed by atoms with van der Waals surface area (Å²) >= 11 is 0. The molecule has 1 rings (SSSR count). The Morgan fingerprint density at radius 1 is 1.36 bits per heavy atom. The predicted octanol–water partition coefficient (Wildman–Crippen LogP) is -6.61. The number of hydrogen-bond acceptors (Lipinski definition) is 4. The van der Waals surface area contributed by atoms with Crippen LogP contribution in [0.5, 0.6) is 0 Å². The second-order valence-electron chi connectivity index (χ2n) is 1.49. The van der Waals surface area contributed by atoms with Crippen LogP contribution >= 0.6 is 0 Å². The van der Waals surface area contributed by atoms with Crippen molar-refractivity contribution >= 4 is 7.69 Å². The molecule has 1 heterocycles. The molecule has 1 aliphatic rings. The molecule has 0 aromatic heterocycles. The molecule has 0 aromatic carbocycles. The van der Waals surface area contributed by atoms with Crippen molar-refractivity contribution in [2.24, 2.45) is 0 Å². The second kappa shape index (κ2) is 17.1. The van der Waals surface area contributed by atoms with E-state index in [2.05, 4.69) is 5.32 Å². The summed E-state index contributed by atoms with van der Waals surface area (Å²) in [4.78, 5) is 0. The molecule has 7 heteroatoms. The third kappa shape index (κ3) is 18.1. The van der Waals surface area contributed by atoms with E-state index in [1.807, 2.05) is 0 Å². The Labute approximate surface area is 89.0 Å². The van der Waals surface area contributed by atoms with Crippen molar-refractivity contribution in [2.45, 2.75) is 0 Å². The molecule has 0 saturated carbocycles. The second-order valence-corrected chi connectivity index (χ2v) is 1.49. The van der Waals surface area contributed by atoms with Crippen LogP contribution in [-0.4, -0.2) is 44.5 Å².